The van der Waals surface area contributed by atoms with E-state index in [2.05, 4.69) is 50.2 Å². The Morgan fingerprint density at radius 1 is 1.32 bits per heavy atom. The number of halogens is 1. The van der Waals surface area contributed by atoms with Gasteiger partial charge in [0.2, 0.25) is 0 Å². The molecule has 0 bridgehead atoms. The number of nitrogens with zero attached hydrogens (tertiary/aromatic N) is 2. The van der Waals surface area contributed by atoms with Crippen LogP contribution in [-0.4, -0.2) is 49.1 Å². The van der Waals surface area contributed by atoms with Gasteiger partial charge in [0.15, 0.2) is 5.96 Å². The molecule has 6 heteroatoms. The molecule has 144 valence electrons. The van der Waals surface area contributed by atoms with Gasteiger partial charge in [-0.3, -0.25) is 9.89 Å². The van der Waals surface area contributed by atoms with E-state index in [1.807, 2.05) is 12.1 Å². The number of hydrogen-bond acceptors (Lipinski definition) is 3. The summed E-state index contributed by atoms with van der Waals surface area (Å²) < 4.78 is 5.40. The summed E-state index contributed by atoms with van der Waals surface area (Å²) in [6.07, 6.45) is 2.59. The van der Waals surface area contributed by atoms with E-state index in [-0.39, 0.29) is 24.0 Å². The van der Waals surface area contributed by atoms with Gasteiger partial charge in [-0.25, -0.2) is 0 Å². The first-order valence-electron chi connectivity index (χ1n) is 9.27. The summed E-state index contributed by atoms with van der Waals surface area (Å²) >= 11 is 0. The standard InChI is InChI=1S/C19H34N4O.HI/c1-14(2)11-21-19(20-9-8-17-7-6-10-24-17)22-18-13-23(15(3)4)12-16(18)5;/h6-7,10,14-16,18H,8-9,11-13H2,1-5H3,(H2,20,21,22);1H. The maximum atomic E-state index is 5.40. The van der Waals surface area contributed by atoms with E-state index < -0.39 is 0 Å². The van der Waals surface area contributed by atoms with Crippen molar-refractivity contribution in [2.24, 2.45) is 16.8 Å². The highest BCUT2D eigenvalue weighted by Gasteiger charge is 2.31. The first-order valence-corrected chi connectivity index (χ1v) is 9.27. The Morgan fingerprint density at radius 3 is 2.64 bits per heavy atom. The zero-order chi connectivity index (χ0) is 17.5. The highest BCUT2D eigenvalue weighted by molar-refractivity contribution is 14.0. The molecule has 1 aromatic rings. The predicted molar refractivity (Wildman–Crippen MR) is 116 cm³/mol. The second-order valence-electron chi connectivity index (χ2n) is 7.62. The molecule has 2 unspecified atom stereocenters. The third-order valence-electron chi connectivity index (χ3n) is 4.55. The predicted octanol–water partition coefficient (Wildman–Crippen LogP) is 3.36. The molecule has 0 spiro atoms. The summed E-state index contributed by atoms with van der Waals surface area (Å²) in [5, 5.41) is 7.12. The fourth-order valence-electron chi connectivity index (χ4n) is 2.97. The minimum atomic E-state index is 0. The molecule has 2 heterocycles. The maximum Gasteiger partial charge on any atom is 0.191 e. The Balaban J connectivity index is 0.00000312. The molecule has 1 saturated heterocycles. The second kappa shape index (κ2) is 11.1. The van der Waals surface area contributed by atoms with E-state index in [4.69, 9.17) is 9.41 Å². The lowest BCUT2D eigenvalue weighted by atomic mass is 10.1. The van der Waals surface area contributed by atoms with Gasteiger partial charge in [-0.15, -0.1) is 24.0 Å². The average Bonchev–Trinajstić information content (AvgIpc) is 3.15. The molecule has 1 aliphatic rings. The van der Waals surface area contributed by atoms with Crippen molar-refractivity contribution in [3.63, 3.8) is 0 Å². The molecule has 0 aliphatic carbocycles. The molecule has 0 radical (unpaired) electrons. The molecule has 5 nitrogen and oxygen atoms in total. The van der Waals surface area contributed by atoms with Crippen LogP contribution in [0.25, 0.3) is 0 Å². The van der Waals surface area contributed by atoms with Gasteiger partial charge in [-0.2, -0.15) is 0 Å². The summed E-state index contributed by atoms with van der Waals surface area (Å²) in [7, 11) is 0. The maximum absolute atomic E-state index is 5.40. The van der Waals surface area contributed by atoms with Crippen molar-refractivity contribution in [3.8, 4) is 0 Å². The fraction of sp³-hybridized carbons (Fsp3) is 0.737. The lowest BCUT2D eigenvalue weighted by Crippen LogP contribution is -2.47. The van der Waals surface area contributed by atoms with Gasteiger partial charge in [0.1, 0.15) is 5.76 Å². The Bertz CT molecular complexity index is 502. The van der Waals surface area contributed by atoms with Crippen LogP contribution >= 0.6 is 24.0 Å². The Labute approximate surface area is 170 Å². The summed E-state index contributed by atoms with van der Waals surface area (Å²) in [4.78, 5) is 7.29. The fourth-order valence-corrected chi connectivity index (χ4v) is 2.97. The zero-order valence-corrected chi connectivity index (χ0v) is 18.6. The second-order valence-corrected chi connectivity index (χ2v) is 7.62. The number of aliphatic imine (C=N–C) groups is 1. The van der Waals surface area contributed by atoms with Crippen LogP contribution in [0, 0.1) is 11.8 Å². The normalized spacial score (nSPS) is 21.6. The van der Waals surface area contributed by atoms with Crippen LogP contribution in [0.1, 0.15) is 40.4 Å². The molecular weight excluding hydrogens is 427 g/mol. The number of nitrogens with one attached hydrogen (secondary N) is 2. The number of furan rings is 1. The molecule has 0 amide bonds. The third-order valence-corrected chi connectivity index (χ3v) is 4.55. The number of likely N-dealkylation sites (tertiary alicyclic amines) is 1. The number of rotatable bonds is 7. The number of guanidine groups is 1. The van der Waals surface area contributed by atoms with Gasteiger partial charge in [0, 0.05) is 44.7 Å². The topological polar surface area (TPSA) is 52.8 Å². The SMILES string of the molecule is CC(C)CN=C(NCCc1ccco1)NC1CN(C(C)C)CC1C.I. The van der Waals surface area contributed by atoms with Crippen molar-refractivity contribution in [1.82, 2.24) is 15.5 Å². The first-order chi connectivity index (χ1) is 11.5. The Morgan fingerprint density at radius 2 is 2.08 bits per heavy atom. The van der Waals surface area contributed by atoms with E-state index in [1.165, 1.54) is 0 Å². The van der Waals surface area contributed by atoms with E-state index in [0.717, 1.165) is 44.3 Å². The minimum absolute atomic E-state index is 0. The van der Waals surface area contributed by atoms with Gasteiger partial charge >= 0.3 is 0 Å². The van der Waals surface area contributed by atoms with Crippen LogP contribution < -0.4 is 10.6 Å². The van der Waals surface area contributed by atoms with Crippen molar-refractivity contribution < 1.29 is 4.42 Å². The first kappa shape index (κ1) is 22.3. The van der Waals surface area contributed by atoms with Crippen molar-refractivity contribution in [2.75, 3.05) is 26.2 Å². The van der Waals surface area contributed by atoms with Gasteiger partial charge in [-0.1, -0.05) is 20.8 Å². The molecule has 25 heavy (non-hydrogen) atoms. The van der Waals surface area contributed by atoms with Crippen LogP contribution in [0.4, 0.5) is 0 Å². The van der Waals surface area contributed by atoms with Gasteiger partial charge in [-0.05, 0) is 37.8 Å². The van der Waals surface area contributed by atoms with Crippen molar-refractivity contribution in [2.45, 2.75) is 53.1 Å². The molecule has 2 atom stereocenters. The minimum Gasteiger partial charge on any atom is -0.469 e. The summed E-state index contributed by atoms with van der Waals surface area (Å²) in [5.74, 6) is 3.12. The van der Waals surface area contributed by atoms with E-state index in [1.54, 1.807) is 6.26 Å². The molecule has 1 aromatic heterocycles. The van der Waals surface area contributed by atoms with Crippen molar-refractivity contribution >= 4 is 29.9 Å². The van der Waals surface area contributed by atoms with Gasteiger partial charge < -0.3 is 15.1 Å². The van der Waals surface area contributed by atoms with Crippen LogP contribution in [0.15, 0.2) is 27.8 Å². The Kier molecular flexibility index (Phi) is 9.86. The molecule has 1 aliphatic heterocycles. The Hall–Kier alpha value is -0.760. The molecule has 2 rings (SSSR count). The lowest BCUT2D eigenvalue weighted by Gasteiger charge is -2.22. The highest BCUT2D eigenvalue weighted by Crippen LogP contribution is 2.18. The smallest absolute Gasteiger partial charge is 0.191 e. The summed E-state index contributed by atoms with van der Waals surface area (Å²) in [6, 6.07) is 5.00. The van der Waals surface area contributed by atoms with E-state index >= 15 is 0 Å². The summed E-state index contributed by atoms with van der Waals surface area (Å²) in [5.41, 5.74) is 0. The highest BCUT2D eigenvalue weighted by atomic mass is 127. The molecule has 0 aromatic carbocycles. The molecule has 0 saturated carbocycles. The third kappa shape index (κ3) is 7.56. The molecule has 2 N–H and O–H groups in total. The van der Waals surface area contributed by atoms with E-state index in [9.17, 15) is 0 Å². The molecular formula is C19H35IN4O. The van der Waals surface area contributed by atoms with Crippen molar-refractivity contribution in [1.29, 1.82) is 0 Å². The monoisotopic (exact) mass is 462 g/mol. The zero-order valence-electron chi connectivity index (χ0n) is 16.3. The largest absolute Gasteiger partial charge is 0.469 e. The van der Waals surface area contributed by atoms with Crippen LogP contribution in [-0.2, 0) is 6.42 Å². The van der Waals surface area contributed by atoms with Gasteiger partial charge in [0.25, 0.3) is 0 Å². The molecule has 1 fully saturated rings. The van der Waals surface area contributed by atoms with Crippen molar-refractivity contribution in [3.05, 3.63) is 24.2 Å². The average molecular weight is 462 g/mol. The van der Waals surface area contributed by atoms with Gasteiger partial charge in [0.05, 0.1) is 6.26 Å². The lowest BCUT2D eigenvalue weighted by molar-refractivity contribution is 0.265. The summed E-state index contributed by atoms with van der Waals surface area (Å²) in [6.45, 7) is 15.2. The van der Waals surface area contributed by atoms with E-state index in [0.29, 0.717) is 23.9 Å². The van der Waals surface area contributed by atoms with Crippen LogP contribution in [0.3, 0.4) is 0 Å². The quantitative estimate of drug-likeness (QED) is 0.371. The van der Waals surface area contributed by atoms with Crippen LogP contribution in [0.2, 0.25) is 0 Å². The number of hydrogen-bond donors (Lipinski definition) is 2. The van der Waals surface area contributed by atoms with Crippen LogP contribution in [0.5, 0.6) is 0 Å².